The molecule has 104 valence electrons. The molecule has 1 saturated carbocycles. The molecule has 1 N–H and O–H groups in total. The maximum Gasteiger partial charge on any atom is 0.341 e. The van der Waals surface area contributed by atoms with Gasteiger partial charge in [-0.15, -0.1) is 0 Å². The molecule has 0 aliphatic heterocycles. The van der Waals surface area contributed by atoms with Crippen LogP contribution in [-0.4, -0.2) is 26.6 Å². The van der Waals surface area contributed by atoms with Crippen LogP contribution >= 0.6 is 11.8 Å². The summed E-state index contributed by atoms with van der Waals surface area (Å²) in [5.74, 6) is -0.0805. The molecular weight excluding hydrogens is 262 g/mol. The van der Waals surface area contributed by atoms with Gasteiger partial charge in [0.15, 0.2) is 5.43 Å². The Labute approximate surface area is 116 Å². The number of carboxylic acid groups (broad SMARTS) is 1. The molecule has 1 aromatic heterocycles. The van der Waals surface area contributed by atoms with Gasteiger partial charge >= 0.3 is 5.97 Å². The summed E-state index contributed by atoms with van der Waals surface area (Å²) in [6.07, 6.45) is 4.91. The summed E-state index contributed by atoms with van der Waals surface area (Å²) in [4.78, 5) is 22.7. The van der Waals surface area contributed by atoms with Gasteiger partial charge in [-0.2, -0.15) is 11.8 Å². The van der Waals surface area contributed by atoms with Gasteiger partial charge in [0.1, 0.15) is 5.56 Å². The van der Waals surface area contributed by atoms with Gasteiger partial charge in [0, 0.05) is 29.2 Å². The molecule has 0 amide bonds. The van der Waals surface area contributed by atoms with Crippen molar-refractivity contribution in [1.82, 2.24) is 4.57 Å². The molecule has 0 aromatic carbocycles. The second kappa shape index (κ2) is 5.82. The van der Waals surface area contributed by atoms with Crippen molar-refractivity contribution in [2.75, 3.05) is 5.75 Å². The minimum Gasteiger partial charge on any atom is -0.477 e. The first-order chi connectivity index (χ1) is 9.04. The van der Waals surface area contributed by atoms with E-state index in [9.17, 15) is 9.59 Å². The van der Waals surface area contributed by atoms with E-state index in [1.54, 1.807) is 0 Å². The lowest BCUT2D eigenvalue weighted by atomic mass is 10.1. The van der Waals surface area contributed by atoms with Gasteiger partial charge in [0.05, 0.1) is 0 Å². The van der Waals surface area contributed by atoms with Crippen LogP contribution in [0.25, 0.3) is 0 Å². The molecule has 0 saturated heterocycles. The Hall–Kier alpha value is -1.23. The number of thioether (sulfide) groups is 1. The molecular formula is C14H19NO3S. The van der Waals surface area contributed by atoms with Crippen molar-refractivity contribution in [3.8, 4) is 0 Å². The van der Waals surface area contributed by atoms with Gasteiger partial charge in [0.25, 0.3) is 0 Å². The number of nitrogens with zero attached hydrogens (tertiary/aromatic N) is 1. The highest BCUT2D eigenvalue weighted by atomic mass is 32.2. The number of aromatic carboxylic acids is 1. The third kappa shape index (κ3) is 2.86. The van der Waals surface area contributed by atoms with Crippen LogP contribution < -0.4 is 5.43 Å². The van der Waals surface area contributed by atoms with Crippen molar-refractivity contribution in [1.29, 1.82) is 0 Å². The number of hydrogen-bond acceptors (Lipinski definition) is 3. The van der Waals surface area contributed by atoms with E-state index in [1.807, 2.05) is 23.3 Å². The maximum absolute atomic E-state index is 11.7. The summed E-state index contributed by atoms with van der Waals surface area (Å²) >= 11 is 1.92. The molecule has 0 spiro atoms. The fourth-order valence-electron chi connectivity index (χ4n) is 2.80. The summed E-state index contributed by atoms with van der Waals surface area (Å²) in [7, 11) is 0. The van der Waals surface area contributed by atoms with Crippen LogP contribution in [0.2, 0.25) is 0 Å². The van der Waals surface area contributed by atoms with Crippen molar-refractivity contribution in [3.05, 3.63) is 33.7 Å². The zero-order valence-corrected chi connectivity index (χ0v) is 12.1. The van der Waals surface area contributed by atoms with Crippen LogP contribution in [0.4, 0.5) is 0 Å². The largest absolute Gasteiger partial charge is 0.477 e. The lowest BCUT2D eigenvalue weighted by Gasteiger charge is -2.24. The van der Waals surface area contributed by atoms with Crippen LogP contribution in [0, 0.1) is 6.92 Å². The van der Waals surface area contributed by atoms with Gasteiger partial charge in [-0.1, -0.05) is 13.3 Å². The summed E-state index contributed by atoms with van der Waals surface area (Å²) < 4.78 is 1.99. The molecule has 4 nitrogen and oxygen atoms in total. The molecule has 1 aliphatic rings. The fraction of sp³-hybridized carbons (Fsp3) is 0.571. The van der Waals surface area contributed by atoms with E-state index in [2.05, 4.69) is 6.92 Å². The smallest absolute Gasteiger partial charge is 0.341 e. The zero-order chi connectivity index (χ0) is 14.0. The number of rotatable bonds is 4. The molecule has 0 radical (unpaired) electrons. The lowest BCUT2D eigenvalue weighted by molar-refractivity contribution is 0.0694. The minimum atomic E-state index is -1.14. The highest BCUT2D eigenvalue weighted by Crippen LogP contribution is 2.38. The van der Waals surface area contributed by atoms with Crippen LogP contribution in [0.15, 0.2) is 17.1 Å². The summed E-state index contributed by atoms with van der Waals surface area (Å²) in [5.41, 5.74) is 0.320. The first-order valence-corrected chi connectivity index (χ1v) is 7.67. The van der Waals surface area contributed by atoms with Crippen molar-refractivity contribution >= 4 is 17.7 Å². The van der Waals surface area contributed by atoms with Crippen LogP contribution in [0.5, 0.6) is 0 Å². The fourth-order valence-corrected chi connectivity index (χ4v) is 4.05. The van der Waals surface area contributed by atoms with E-state index in [0.717, 1.165) is 30.7 Å². The molecule has 1 fully saturated rings. The average Bonchev–Trinajstić information content (AvgIpc) is 2.77. The topological polar surface area (TPSA) is 59.3 Å². The second-order valence-corrected chi connectivity index (χ2v) is 6.41. The van der Waals surface area contributed by atoms with E-state index in [0.29, 0.717) is 11.3 Å². The van der Waals surface area contributed by atoms with Crippen molar-refractivity contribution in [2.24, 2.45) is 0 Å². The van der Waals surface area contributed by atoms with Gasteiger partial charge in [0.2, 0.25) is 0 Å². The number of carboxylic acids is 1. The van der Waals surface area contributed by atoms with Crippen molar-refractivity contribution < 1.29 is 9.90 Å². The zero-order valence-electron chi connectivity index (χ0n) is 11.3. The van der Waals surface area contributed by atoms with Gasteiger partial charge < -0.3 is 9.67 Å². The maximum atomic E-state index is 11.7. The minimum absolute atomic E-state index is 0.127. The highest BCUT2D eigenvalue weighted by Gasteiger charge is 2.29. The number of aromatic nitrogens is 1. The van der Waals surface area contributed by atoms with Gasteiger partial charge in [-0.05, 0) is 25.5 Å². The Morgan fingerprint density at radius 2 is 2.26 bits per heavy atom. The Morgan fingerprint density at radius 3 is 2.89 bits per heavy atom. The van der Waals surface area contributed by atoms with Gasteiger partial charge in [-0.3, -0.25) is 4.79 Å². The van der Waals surface area contributed by atoms with Crippen molar-refractivity contribution in [2.45, 2.75) is 44.4 Å². The average molecular weight is 281 g/mol. The van der Waals surface area contributed by atoms with E-state index < -0.39 is 11.4 Å². The Kier molecular flexibility index (Phi) is 4.34. The summed E-state index contributed by atoms with van der Waals surface area (Å²) in [6, 6.07) is 1.75. The van der Waals surface area contributed by atoms with E-state index in [1.165, 1.54) is 12.3 Å². The first kappa shape index (κ1) is 14.2. The SMILES string of the molecule is CCSC1CCCC1n1cc(C(=O)O)c(=O)cc1C. The number of pyridine rings is 1. The number of carbonyl (C=O) groups is 1. The normalized spacial score (nSPS) is 22.6. The summed E-state index contributed by atoms with van der Waals surface area (Å²) in [5, 5.41) is 9.60. The number of hydrogen-bond donors (Lipinski definition) is 1. The molecule has 0 bridgehead atoms. The predicted molar refractivity (Wildman–Crippen MR) is 77.2 cm³/mol. The van der Waals surface area contributed by atoms with Crippen LogP contribution in [0.1, 0.15) is 48.3 Å². The quantitative estimate of drug-likeness (QED) is 0.922. The monoisotopic (exact) mass is 281 g/mol. The highest BCUT2D eigenvalue weighted by molar-refractivity contribution is 7.99. The lowest BCUT2D eigenvalue weighted by Crippen LogP contribution is -2.24. The second-order valence-electron chi connectivity index (χ2n) is 4.90. The molecule has 2 atom stereocenters. The molecule has 1 aliphatic carbocycles. The third-order valence-corrected chi connectivity index (χ3v) is 4.98. The Morgan fingerprint density at radius 1 is 1.53 bits per heavy atom. The van der Waals surface area contributed by atoms with E-state index >= 15 is 0 Å². The molecule has 5 heteroatoms. The van der Waals surface area contributed by atoms with Crippen LogP contribution in [-0.2, 0) is 0 Å². The van der Waals surface area contributed by atoms with Crippen molar-refractivity contribution in [3.63, 3.8) is 0 Å². The predicted octanol–water partition coefficient (Wildman–Crippen LogP) is 2.70. The Balaban J connectivity index is 2.41. The number of aryl methyl sites for hydroxylation is 1. The van der Waals surface area contributed by atoms with E-state index in [4.69, 9.17) is 5.11 Å². The molecule has 1 aromatic rings. The van der Waals surface area contributed by atoms with Crippen LogP contribution in [0.3, 0.4) is 0 Å². The molecule has 19 heavy (non-hydrogen) atoms. The van der Waals surface area contributed by atoms with Gasteiger partial charge in [-0.25, -0.2) is 4.79 Å². The molecule has 2 rings (SSSR count). The van der Waals surface area contributed by atoms with E-state index in [-0.39, 0.29) is 5.56 Å². The molecule has 2 unspecified atom stereocenters. The summed E-state index contributed by atoms with van der Waals surface area (Å²) in [6.45, 7) is 4.01. The standard InChI is InChI=1S/C14H19NO3S/c1-3-19-13-6-4-5-11(13)15-8-10(14(17)18)12(16)7-9(15)2/h7-8,11,13H,3-6H2,1-2H3,(H,17,18). The Bertz CT molecular complexity index is 538. The third-order valence-electron chi connectivity index (χ3n) is 3.67. The molecule has 1 heterocycles. The first-order valence-electron chi connectivity index (χ1n) is 6.62.